The van der Waals surface area contributed by atoms with Gasteiger partial charge in [0, 0.05) is 11.6 Å². The molecule has 0 amide bonds. The van der Waals surface area contributed by atoms with Crippen molar-refractivity contribution in [1.29, 1.82) is 0 Å². The summed E-state index contributed by atoms with van der Waals surface area (Å²) in [6, 6.07) is 1.03. The van der Waals surface area contributed by atoms with Crippen LogP contribution in [0.2, 0.25) is 0 Å². The first-order valence-electron chi connectivity index (χ1n) is 6.19. The van der Waals surface area contributed by atoms with Gasteiger partial charge in [0.25, 0.3) is 0 Å². The van der Waals surface area contributed by atoms with E-state index in [0.29, 0.717) is 26.1 Å². The Morgan fingerprint density at radius 3 is 2.50 bits per heavy atom. The van der Waals surface area contributed by atoms with E-state index in [1.165, 1.54) is 0 Å². The van der Waals surface area contributed by atoms with Crippen LogP contribution in [0.5, 0.6) is 11.5 Å². The summed E-state index contributed by atoms with van der Waals surface area (Å²) in [7, 11) is 0. The summed E-state index contributed by atoms with van der Waals surface area (Å²) < 4.78 is 38.5. The molecule has 1 aliphatic carbocycles. The SMILES string of the molecule is NC1(c2c(F)c(F)cc3c2OCCO3)CCCC1. The zero-order valence-electron chi connectivity index (χ0n) is 9.97. The zero-order valence-corrected chi connectivity index (χ0v) is 9.97. The molecule has 1 aliphatic heterocycles. The molecule has 1 heterocycles. The summed E-state index contributed by atoms with van der Waals surface area (Å²) in [6.45, 7) is 0.677. The van der Waals surface area contributed by atoms with E-state index >= 15 is 0 Å². The molecule has 0 atom stereocenters. The van der Waals surface area contributed by atoms with Gasteiger partial charge in [-0.1, -0.05) is 12.8 Å². The average molecular weight is 255 g/mol. The number of hydrogen-bond donors (Lipinski definition) is 1. The monoisotopic (exact) mass is 255 g/mol. The molecule has 1 fully saturated rings. The van der Waals surface area contributed by atoms with Crippen LogP contribution in [-0.2, 0) is 5.54 Å². The Labute approximate surface area is 104 Å². The number of fused-ring (bicyclic) bond motifs is 1. The molecule has 1 aromatic rings. The highest BCUT2D eigenvalue weighted by molar-refractivity contribution is 5.52. The number of ether oxygens (including phenoxy) is 2. The molecule has 0 unspecified atom stereocenters. The first-order chi connectivity index (χ1) is 8.62. The van der Waals surface area contributed by atoms with Crippen molar-refractivity contribution in [2.45, 2.75) is 31.2 Å². The number of benzene rings is 1. The topological polar surface area (TPSA) is 44.5 Å². The second-order valence-corrected chi connectivity index (χ2v) is 4.93. The minimum Gasteiger partial charge on any atom is -0.486 e. The highest BCUT2D eigenvalue weighted by Crippen LogP contribution is 2.47. The lowest BCUT2D eigenvalue weighted by atomic mass is 9.87. The fourth-order valence-electron chi connectivity index (χ4n) is 2.83. The number of halogens is 2. The summed E-state index contributed by atoms with van der Waals surface area (Å²) in [5.74, 6) is -1.29. The van der Waals surface area contributed by atoms with E-state index in [4.69, 9.17) is 15.2 Å². The van der Waals surface area contributed by atoms with Gasteiger partial charge in [-0.05, 0) is 12.8 Å². The van der Waals surface area contributed by atoms with Crippen molar-refractivity contribution in [2.24, 2.45) is 5.73 Å². The molecule has 0 radical (unpaired) electrons. The van der Waals surface area contributed by atoms with Crippen molar-refractivity contribution in [3.63, 3.8) is 0 Å². The molecule has 0 saturated heterocycles. The normalized spacial score (nSPS) is 21.1. The minimum absolute atomic E-state index is 0.148. The molecule has 18 heavy (non-hydrogen) atoms. The van der Waals surface area contributed by atoms with Crippen LogP contribution in [0.3, 0.4) is 0 Å². The van der Waals surface area contributed by atoms with Crippen molar-refractivity contribution in [3.05, 3.63) is 23.3 Å². The van der Waals surface area contributed by atoms with Gasteiger partial charge in [-0.15, -0.1) is 0 Å². The van der Waals surface area contributed by atoms with Crippen LogP contribution in [0, 0.1) is 11.6 Å². The van der Waals surface area contributed by atoms with Crippen molar-refractivity contribution in [3.8, 4) is 11.5 Å². The number of nitrogens with two attached hydrogens (primary N) is 1. The van der Waals surface area contributed by atoms with Gasteiger partial charge >= 0.3 is 0 Å². The summed E-state index contributed by atoms with van der Waals surface area (Å²) >= 11 is 0. The lowest BCUT2D eigenvalue weighted by Gasteiger charge is -2.30. The van der Waals surface area contributed by atoms with Gasteiger partial charge in [0.05, 0.1) is 5.56 Å². The molecule has 2 N–H and O–H groups in total. The third-order valence-corrected chi connectivity index (χ3v) is 3.72. The van der Waals surface area contributed by atoms with E-state index in [2.05, 4.69) is 0 Å². The van der Waals surface area contributed by atoms with Crippen LogP contribution < -0.4 is 15.2 Å². The summed E-state index contributed by atoms with van der Waals surface area (Å²) in [4.78, 5) is 0. The largest absolute Gasteiger partial charge is 0.486 e. The third kappa shape index (κ3) is 1.65. The van der Waals surface area contributed by atoms with Crippen molar-refractivity contribution >= 4 is 0 Å². The van der Waals surface area contributed by atoms with Crippen LogP contribution in [0.4, 0.5) is 8.78 Å². The van der Waals surface area contributed by atoms with E-state index in [1.54, 1.807) is 0 Å². The Kier molecular flexibility index (Phi) is 2.66. The summed E-state index contributed by atoms with van der Waals surface area (Å²) in [5, 5.41) is 0. The van der Waals surface area contributed by atoms with Crippen LogP contribution in [0.25, 0.3) is 0 Å². The van der Waals surface area contributed by atoms with Gasteiger partial charge in [-0.25, -0.2) is 8.78 Å². The zero-order chi connectivity index (χ0) is 12.8. The van der Waals surface area contributed by atoms with E-state index in [9.17, 15) is 8.78 Å². The summed E-state index contributed by atoms with van der Waals surface area (Å²) in [5.41, 5.74) is 5.54. The van der Waals surface area contributed by atoms with Gasteiger partial charge < -0.3 is 15.2 Å². The molecule has 1 saturated carbocycles. The second kappa shape index (κ2) is 4.09. The lowest BCUT2D eigenvalue weighted by molar-refractivity contribution is 0.163. The fraction of sp³-hybridized carbons (Fsp3) is 0.538. The molecule has 3 nitrogen and oxygen atoms in total. The van der Waals surface area contributed by atoms with E-state index in [0.717, 1.165) is 18.9 Å². The van der Waals surface area contributed by atoms with Crippen LogP contribution in [0.1, 0.15) is 31.2 Å². The lowest BCUT2D eigenvalue weighted by Crippen LogP contribution is -2.36. The average Bonchev–Trinajstić information content (AvgIpc) is 2.78. The molecule has 0 aromatic heterocycles. The van der Waals surface area contributed by atoms with Crippen molar-refractivity contribution in [2.75, 3.05) is 13.2 Å². The molecule has 0 bridgehead atoms. The van der Waals surface area contributed by atoms with Gasteiger partial charge in [-0.2, -0.15) is 0 Å². The van der Waals surface area contributed by atoms with Crippen LogP contribution in [0.15, 0.2) is 6.07 Å². The van der Waals surface area contributed by atoms with E-state index < -0.39 is 17.2 Å². The molecule has 0 spiro atoms. The van der Waals surface area contributed by atoms with Gasteiger partial charge in [0.1, 0.15) is 13.2 Å². The molecule has 1 aromatic carbocycles. The smallest absolute Gasteiger partial charge is 0.169 e. The number of hydrogen-bond acceptors (Lipinski definition) is 3. The maximum absolute atomic E-state index is 14.1. The highest BCUT2D eigenvalue weighted by atomic mass is 19.2. The Hall–Kier alpha value is -1.36. The van der Waals surface area contributed by atoms with Crippen LogP contribution >= 0.6 is 0 Å². The number of rotatable bonds is 1. The molecule has 98 valence electrons. The van der Waals surface area contributed by atoms with Gasteiger partial charge in [0.2, 0.25) is 0 Å². The molecular formula is C13H15F2NO2. The van der Waals surface area contributed by atoms with Crippen molar-refractivity contribution < 1.29 is 18.3 Å². The van der Waals surface area contributed by atoms with E-state index in [1.807, 2.05) is 0 Å². The maximum Gasteiger partial charge on any atom is 0.169 e. The second-order valence-electron chi connectivity index (χ2n) is 4.93. The predicted octanol–water partition coefficient (Wildman–Crippen LogP) is 2.46. The fourth-order valence-corrected chi connectivity index (χ4v) is 2.83. The Morgan fingerprint density at radius 2 is 1.78 bits per heavy atom. The Morgan fingerprint density at radius 1 is 1.11 bits per heavy atom. The minimum atomic E-state index is -0.925. The predicted molar refractivity (Wildman–Crippen MR) is 61.7 cm³/mol. The van der Waals surface area contributed by atoms with Gasteiger partial charge in [-0.3, -0.25) is 0 Å². The molecule has 3 rings (SSSR count). The van der Waals surface area contributed by atoms with E-state index in [-0.39, 0.29) is 17.1 Å². The highest BCUT2D eigenvalue weighted by Gasteiger charge is 2.39. The standard InChI is InChI=1S/C13H15F2NO2/c14-8-7-9-12(18-6-5-17-9)10(11(8)15)13(16)3-1-2-4-13/h7H,1-6,16H2. The quantitative estimate of drug-likeness (QED) is 0.838. The Bertz CT molecular complexity index is 484. The molecule has 2 aliphatic rings. The summed E-state index contributed by atoms with van der Waals surface area (Å²) in [6.07, 6.45) is 3.12. The first-order valence-corrected chi connectivity index (χ1v) is 6.19. The maximum atomic E-state index is 14.1. The van der Waals surface area contributed by atoms with Crippen molar-refractivity contribution in [1.82, 2.24) is 0 Å². The molecular weight excluding hydrogens is 240 g/mol. The van der Waals surface area contributed by atoms with Crippen LogP contribution in [-0.4, -0.2) is 13.2 Å². The third-order valence-electron chi connectivity index (χ3n) is 3.72. The Balaban J connectivity index is 2.20. The first kappa shape index (κ1) is 11.7. The van der Waals surface area contributed by atoms with Gasteiger partial charge in [0.15, 0.2) is 23.1 Å². The molecule has 5 heteroatoms.